The summed E-state index contributed by atoms with van der Waals surface area (Å²) in [6.45, 7) is 4.77. The normalized spacial score (nSPS) is 23.9. The summed E-state index contributed by atoms with van der Waals surface area (Å²) >= 11 is 0. The summed E-state index contributed by atoms with van der Waals surface area (Å²) in [5.41, 5.74) is 0.322. The molecule has 1 amide bonds. The van der Waals surface area contributed by atoms with E-state index in [0.29, 0.717) is 0 Å². The van der Waals surface area contributed by atoms with Gasteiger partial charge >= 0.3 is 0 Å². The molecule has 0 bridgehead atoms. The fourth-order valence-corrected chi connectivity index (χ4v) is 2.66. The molecule has 2 aromatic rings. The predicted octanol–water partition coefficient (Wildman–Crippen LogP) is 1.05. The zero-order valence-electron chi connectivity index (χ0n) is 11.8. The second-order valence-corrected chi connectivity index (χ2v) is 5.54. The zero-order chi connectivity index (χ0) is 14.2. The van der Waals surface area contributed by atoms with Crippen molar-refractivity contribution in [2.24, 2.45) is 0 Å². The van der Waals surface area contributed by atoms with Gasteiger partial charge in [0, 0.05) is 6.20 Å². The van der Waals surface area contributed by atoms with Gasteiger partial charge in [0.1, 0.15) is 0 Å². The lowest BCUT2D eigenvalue weighted by Gasteiger charge is -2.25. The van der Waals surface area contributed by atoms with E-state index in [4.69, 9.17) is 0 Å². The Morgan fingerprint density at radius 1 is 1.50 bits per heavy atom. The van der Waals surface area contributed by atoms with Gasteiger partial charge < -0.3 is 10.6 Å². The molecular formula is C14H19N5O. The van der Waals surface area contributed by atoms with Crippen LogP contribution in [0.4, 0.5) is 0 Å². The molecule has 106 valence electrons. The van der Waals surface area contributed by atoms with Crippen LogP contribution < -0.4 is 10.6 Å². The molecule has 3 heterocycles. The summed E-state index contributed by atoms with van der Waals surface area (Å²) in [4.78, 5) is 12.4. The lowest BCUT2D eigenvalue weighted by atomic mass is 9.99. The number of rotatable bonds is 3. The van der Waals surface area contributed by atoms with Crippen molar-refractivity contribution in [2.45, 2.75) is 38.3 Å². The molecule has 0 aliphatic carbocycles. The zero-order valence-corrected chi connectivity index (χ0v) is 11.8. The quantitative estimate of drug-likeness (QED) is 0.877. The summed E-state index contributed by atoms with van der Waals surface area (Å²) < 4.78 is 1.90. The maximum atomic E-state index is 12.4. The molecule has 6 nitrogen and oxygen atoms in total. The Kier molecular flexibility index (Phi) is 3.17. The monoisotopic (exact) mass is 273 g/mol. The van der Waals surface area contributed by atoms with Crippen LogP contribution in [0, 0.1) is 0 Å². The molecule has 1 saturated heterocycles. The Bertz CT molecular complexity index is 629. The number of carbonyl (C=O) groups excluding carboxylic acids is 1. The van der Waals surface area contributed by atoms with Crippen molar-refractivity contribution in [3.8, 4) is 0 Å². The fourth-order valence-electron chi connectivity index (χ4n) is 2.66. The minimum Gasteiger partial charge on any atom is -0.345 e. The number of carbonyl (C=O) groups is 1. The van der Waals surface area contributed by atoms with Crippen LogP contribution in [-0.4, -0.2) is 32.6 Å². The molecule has 3 rings (SSSR count). The topological polar surface area (TPSA) is 71.3 Å². The highest BCUT2D eigenvalue weighted by Crippen LogP contribution is 2.20. The predicted molar refractivity (Wildman–Crippen MR) is 75.2 cm³/mol. The maximum absolute atomic E-state index is 12.4. The number of nitrogens with zero attached hydrogens (tertiary/aromatic N) is 3. The van der Waals surface area contributed by atoms with Gasteiger partial charge in [0.2, 0.25) is 5.91 Å². The number of pyridine rings is 1. The maximum Gasteiger partial charge on any atom is 0.240 e. The first-order chi connectivity index (χ1) is 9.60. The van der Waals surface area contributed by atoms with E-state index in [2.05, 4.69) is 20.8 Å². The van der Waals surface area contributed by atoms with Crippen LogP contribution in [0.15, 0.2) is 24.4 Å². The highest BCUT2D eigenvalue weighted by Gasteiger charge is 2.36. The van der Waals surface area contributed by atoms with Gasteiger partial charge in [-0.15, -0.1) is 10.2 Å². The Balaban J connectivity index is 1.79. The third kappa shape index (κ3) is 2.16. The van der Waals surface area contributed by atoms with E-state index in [1.165, 1.54) is 0 Å². The Morgan fingerprint density at radius 3 is 3.10 bits per heavy atom. The van der Waals surface area contributed by atoms with Gasteiger partial charge in [-0.3, -0.25) is 9.20 Å². The van der Waals surface area contributed by atoms with Gasteiger partial charge in [0.15, 0.2) is 11.5 Å². The van der Waals surface area contributed by atoms with Crippen LogP contribution in [0.2, 0.25) is 0 Å². The molecule has 2 unspecified atom stereocenters. The Labute approximate surface area is 117 Å². The third-order valence-corrected chi connectivity index (χ3v) is 3.94. The molecule has 0 spiro atoms. The first kappa shape index (κ1) is 13.1. The molecule has 2 atom stereocenters. The van der Waals surface area contributed by atoms with E-state index >= 15 is 0 Å². The van der Waals surface area contributed by atoms with E-state index in [1.54, 1.807) is 0 Å². The van der Waals surface area contributed by atoms with Gasteiger partial charge in [-0.05, 0) is 45.4 Å². The molecule has 6 heteroatoms. The summed E-state index contributed by atoms with van der Waals surface area (Å²) in [7, 11) is 0. The molecule has 1 aliphatic rings. The SMILES string of the molecule is CC(NC(=O)C1(C)CCCN1)c1nnc2ccccn12. The van der Waals surface area contributed by atoms with Crippen LogP contribution in [0.5, 0.6) is 0 Å². The molecule has 2 aromatic heterocycles. The molecular weight excluding hydrogens is 254 g/mol. The second kappa shape index (κ2) is 4.86. The van der Waals surface area contributed by atoms with Crippen LogP contribution in [0.25, 0.3) is 5.65 Å². The van der Waals surface area contributed by atoms with Crippen LogP contribution in [0.1, 0.15) is 38.6 Å². The Morgan fingerprint density at radius 2 is 2.35 bits per heavy atom. The number of aromatic nitrogens is 3. The van der Waals surface area contributed by atoms with Gasteiger partial charge in [-0.1, -0.05) is 6.07 Å². The minimum atomic E-state index is -0.464. The average molecular weight is 273 g/mol. The van der Waals surface area contributed by atoms with Crippen molar-refractivity contribution >= 4 is 11.6 Å². The molecule has 0 saturated carbocycles. The van der Waals surface area contributed by atoms with Crippen LogP contribution >= 0.6 is 0 Å². The van der Waals surface area contributed by atoms with E-state index < -0.39 is 5.54 Å². The summed E-state index contributed by atoms with van der Waals surface area (Å²) in [6, 6.07) is 5.55. The highest BCUT2D eigenvalue weighted by atomic mass is 16.2. The van der Waals surface area contributed by atoms with Crippen molar-refractivity contribution in [1.29, 1.82) is 0 Å². The smallest absolute Gasteiger partial charge is 0.240 e. The lowest BCUT2D eigenvalue weighted by Crippen LogP contribution is -2.51. The second-order valence-electron chi connectivity index (χ2n) is 5.54. The molecule has 0 radical (unpaired) electrons. The van der Waals surface area contributed by atoms with Crippen molar-refractivity contribution in [3.63, 3.8) is 0 Å². The Hall–Kier alpha value is -1.95. The van der Waals surface area contributed by atoms with E-state index in [1.807, 2.05) is 42.6 Å². The van der Waals surface area contributed by atoms with Crippen molar-refractivity contribution in [1.82, 2.24) is 25.2 Å². The number of hydrogen-bond acceptors (Lipinski definition) is 4. The number of nitrogens with one attached hydrogen (secondary N) is 2. The van der Waals surface area contributed by atoms with Crippen LogP contribution in [0.3, 0.4) is 0 Å². The molecule has 2 N–H and O–H groups in total. The number of amides is 1. The first-order valence-electron chi connectivity index (χ1n) is 6.96. The lowest BCUT2D eigenvalue weighted by molar-refractivity contribution is -0.127. The standard InChI is InChI=1S/C14H19N5O/c1-10(16-13(20)14(2)7-5-8-15-14)12-18-17-11-6-3-4-9-19(11)12/h3-4,6,9-10,15H,5,7-8H2,1-2H3,(H,16,20). The molecule has 1 aliphatic heterocycles. The first-order valence-corrected chi connectivity index (χ1v) is 6.96. The molecule has 0 aromatic carbocycles. The van der Waals surface area contributed by atoms with Crippen molar-refractivity contribution in [2.75, 3.05) is 6.54 Å². The highest BCUT2D eigenvalue weighted by molar-refractivity contribution is 5.86. The summed E-state index contributed by atoms with van der Waals surface area (Å²) in [6.07, 6.45) is 3.81. The van der Waals surface area contributed by atoms with E-state index in [-0.39, 0.29) is 11.9 Å². The van der Waals surface area contributed by atoms with Gasteiger partial charge in [-0.25, -0.2) is 0 Å². The minimum absolute atomic E-state index is 0.0233. The largest absolute Gasteiger partial charge is 0.345 e. The molecule has 20 heavy (non-hydrogen) atoms. The summed E-state index contributed by atoms with van der Waals surface area (Å²) in [5, 5.41) is 14.6. The van der Waals surface area contributed by atoms with Crippen molar-refractivity contribution in [3.05, 3.63) is 30.2 Å². The van der Waals surface area contributed by atoms with Gasteiger partial charge in [0.05, 0.1) is 11.6 Å². The van der Waals surface area contributed by atoms with Crippen LogP contribution in [-0.2, 0) is 4.79 Å². The van der Waals surface area contributed by atoms with Crippen molar-refractivity contribution < 1.29 is 4.79 Å². The number of hydrogen-bond donors (Lipinski definition) is 2. The summed E-state index contributed by atoms with van der Waals surface area (Å²) in [5.74, 6) is 0.769. The molecule has 1 fully saturated rings. The van der Waals surface area contributed by atoms with Gasteiger partial charge in [-0.2, -0.15) is 0 Å². The van der Waals surface area contributed by atoms with E-state index in [9.17, 15) is 4.79 Å². The number of fused-ring (bicyclic) bond motifs is 1. The fraction of sp³-hybridized carbons (Fsp3) is 0.500. The van der Waals surface area contributed by atoms with E-state index in [0.717, 1.165) is 30.9 Å². The van der Waals surface area contributed by atoms with Gasteiger partial charge in [0.25, 0.3) is 0 Å². The average Bonchev–Trinajstić information content (AvgIpc) is 3.05. The third-order valence-electron chi connectivity index (χ3n) is 3.94.